The number of rotatable bonds is 5. The van der Waals surface area contributed by atoms with Gasteiger partial charge in [0.15, 0.2) is 0 Å². The number of carbonyl (C=O) groups excluding carboxylic acids is 1. The molecule has 0 bridgehead atoms. The molecule has 2 aliphatic heterocycles. The molecule has 0 spiro atoms. The molecule has 2 heterocycles. The monoisotopic (exact) mass is 353 g/mol. The summed E-state index contributed by atoms with van der Waals surface area (Å²) in [6, 6.07) is 9.51. The van der Waals surface area contributed by atoms with E-state index in [0.29, 0.717) is 19.6 Å². The van der Waals surface area contributed by atoms with E-state index in [0.717, 1.165) is 52.5 Å². The first kappa shape index (κ1) is 16.8. The fraction of sp³-hybridized carbons (Fsp3) is 0.381. The van der Waals surface area contributed by atoms with Crippen LogP contribution in [0.15, 0.2) is 30.3 Å². The van der Waals surface area contributed by atoms with Crippen LogP contribution >= 0.6 is 0 Å². The number of benzene rings is 2. The van der Waals surface area contributed by atoms with Gasteiger partial charge in [-0.1, -0.05) is 0 Å². The van der Waals surface area contributed by atoms with Crippen molar-refractivity contribution in [3.05, 3.63) is 47.0 Å². The zero-order chi connectivity index (χ0) is 18.1. The Morgan fingerprint density at radius 3 is 2.69 bits per heavy atom. The van der Waals surface area contributed by atoms with Crippen molar-refractivity contribution in [2.75, 3.05) is 18.5 Å². The Hall–Kier alpha value is -2.69. The van der Waals surface area contributed by atoms with Crippen LogP contribution in [0, 0.1) is 0 Å². The second-order valence-corrected chi connectivity index (χ2v) is 6.93. The number of amides is 1. The third-order valence-corrected chi connectivity index (χ3v) is 4.61. The van der Waals surface area contributed by atoms with Gasteiger partial charge in [0.1, 0.15) is 17.2 Å². The summed E-state index contributed by atoms with van der Waals surface area (Å²) in [7, 11) is 0. The van der Waals surface area contributed by atoms with Gasteiger partial charge in [-0.2, -0.15) is 0 Å². The van der Waals surface area contributed by atoms with E-state index in [-0.39, 0.29) is 12.0 Å². The number of nitrogens with one attached hydrogen (secondary N) is 1. The van der Waals surface area contributed by atoms with Gasteiger partial charge >= 0.3 is 0 Å². The quantitative estimate of drug-likeness (QED) is 0.893. The maximum atomic E-state index is 12.6. The first-order chi connectivity index (χ1) is 12.6. The molecule has 4 rings (SSSR count). The predicted octanol–water partition coefficient (Wildman–Crippen LogP) is 3.52. The molecule has 0 atom stereocenters. The largest absolute Gasteiger partial charge is 0.493 e. The molecule has 5 heteroatoms. The summed E-state index contributed by atoms with van der Waals surface area (Å²) < 4.78 is 17.1. The average Bonchev–Trinajstić information content (AvgIpc) is 3.25. The fourth-order valence-electron chi connectivity index (χ4n) is 3.53. The lowest BCUT2D eigenvalue weighted by atomic mass is 9.97. The molecule has 0 unspecified atom stereocenters. The highest BCUT2D eigenvalue weighted by molar-refractivity contribution is 5.93. The normalized spacial score (nSPS) is 14.4. The van der Waals surface area contributed by atoms with Crippen LogP contribution in [-0.2, 0) is 24.1 Å². The molecule has 136 valence electrons. The van der Waals surface area contributed by atoms with Crippen LogP contribution in [0.1, 0.15) is 30.5 Å². The summed E-state index contributed by atoms with van der Waals surface area (Å²) in [6.07, 6.45) is 2.12. The summed E-state index contributed by atoms with van der Waals surface area (Å²) in [4.78, 5) is 12.6. The van der Waals surface area contributed by atoms with Crippen LogP contribution in [0.2, 0.25) is 0 Å². The second kappa shape index (κ2) is 6.90. The van der Waals surface area contributed by atoms with Gasteiger partial charge in [0.2, 0.25) is 5.91 Å². The third kappa shape index (κ3) is 3.34. The molecule has 0 radical (unpaired) electrons. The summed E-state index contributed by atoms with van der Waals surface area (Å²) in [6.45, 7) is 5.31. The second-order valence-electron chi connectivity index (χ2n) is 6.93. The number of ether oxygens (including phenoxy) is 3. The molecule has 26 heavy (non-hydrogen) atoms. The Morgan fingerprint density at radius 2 is 1.92 bits per heavy atom. The van der Waals surface area contributed by atoms with Crippen LogP contribution in [0.3, 0.4) is 0 Å². The summed E-state index contributed by atoms with van der Waals surface area (Å²) in [5.41, 5.74) is 3.99. The van der Waals surface area contributed by atoms with Crippen LogP contribution in [0.5, 0.6) is 17.2 Å². The average molecular weight is 353 g/mol. The third-order valence-electron chi connectivity index (χ3n) is 4.61. The van der Waals surface area contributed by atoms with Crippen molar-refractivity contribution in [1.29, 1.82) is 0 Å². The van der Waals surface area contributed by atoms with E-state index in [1.54, 1.807) is 0 Å². The number of anilines is 1. The van der Waals surface area contributed by atoms with Crippen molar-refractivity contribution in [1.82, 2.24) is 0 Å². The Morgan fingerprint density at radius 1 is 1.15 bits per heavy atom. The maximum Gasteiger partial charge on any atom is 0.228 e. The zero-order valence-electron chi connectivity index (χ0n) is 15.1. The molecular formula is C21H23NO4. The van der Waals surface area contributed by atoms with Crippen molar-refractivity contribution >= 4 is 11.6 Å². The van der Waals surface area contributed by atoms with Crippen molar-refractivity contribution < 1.29 is 19.0 Å². The minimum atomic E-state index is -0.0551. The summed E-state index contributed by atoms with van der Waals surface area (Å²) in [5, 5.41) is 2.96. The molecule has 0 aromatic heterocycles. The van der Waals surface area contributed by atoms with Crippen LogP contribution in [-0.4, -0.2) is 25.2 Å². The fourth-order valence-corrected chi connectivity index (χ4v) is 3.53. The van der Waals surface area contributed by atoms with Gasteiger partial charge in [-0.15, -0.1) is 0 Å². The first-order valence-electron chi connectivity index (χ1n) is 9.10. The van der Waals surface area contributed by atoms with Gasteiger partial charge in [-0.25, -0.2) is 0 Å². The molecule has 2 aliphatic rings. The van der Waals surface area contributed by atoms with E-state index >= 15 is 0 Å². The standard InChI is InChI=1S/C21H23NO4/c1-13(2)26-16-5-3-15(4-6-16)22-20(23)12-18-17-8-10-24-19(17)11-14-7-9-25-21(14)18/h3-6,11,13H,7-10,12H2,1-2H3,(H,22,23). The van der Waals surface area contributed by atoms with Gasteiger partial charge in [0.25, 0.3) is 0 Å². The Balaban J connectivity index is 1.49. The molecule has 0 fully saturated rings. The van der Waals surface area contributed by atoms with Crippen LogP contribution < -0.4 is 19.5 Å². The predicted molar refractivity (Wildman–Crippen MR) is 99.4 cm³/mol. The smallest absolute Gasteiger partial charge is 0.228 e. The van der Waals surface area contributed by atoms with E-state index in [2.05, 4.69) is 11.4 Å². The first-order valence-corrected chi connectivity index (χ1v) is 9.10. The molecule has 2 aromatic carbocycles. The lowest BCUT2D eigenvalue weighted by Gasteiger charge is -2.13. The minimum absolute atomic E-state index is 0.0551. The molecular weight excluding hydrogens is 330 g/mol. The van der Waals surface area contributed by atoms with Crippen molar-refractivity contribution in [3.8, 4) is 17.2 Å². The lowest BCUT2D eigenvalue weighted by Crippen LogP contribution is -2.16. The van der Waals surface area contributed by atoms with Gasteiger partial charge in [-0.05, 0) is 44.2 Å². The van der Waals surface area contributed by atoms with Gasteiger partial charge < -0.3 is 19.5 Å². The highest BCUT2D eigenvalue weighted by Crippen LogP contribution is 2.40. The van der Waals surface area contributed by atoms with E-state index in [1.165, 1.54) is 0 Å². The summed E-state index contributed by atoms with van der Waals surface area (Å²) in [5.74, 6) is 2.53. The summed E-state index contributed by atoms with van der Waals surface area (Å²) >= 11 is 0. The Labute approximate surface area is 153 Å². The minimum Gasteiger partial charge on any atom is -0.493 e. The van der Waals surface area contributed by atoms with Crippen LogP contribution in [0.4, 0.5) is 5.69 Å². The lowest BCUT2D eigenvalue weighted by molar-refractivity contribution is -0.115. The van der Waals surface area contributed by atoms with Crippen molar-refractivity contribution in [2.45, 2.75) is 39.2 Å². The molecule has 2 aromatic rings. The molecule has 0 aliphatic carbocycles. The maximum absolute atomic E-state index is 12.6. The number of carbonyl (C=O) groups is 1. The van der Waals surface area contributed by atoms with E-state index in [1.807, 2.05) is 38.1 Å². The van der Waals surface area contributed by atoms with E-state index < -0.39 is 0 Å². The van der Waals surface area contributed by atoms with E-state index in [4.69, 9.17) is 14.2 Å². The molecule has 0 saturated heterocycles. The Kier molecular flexibility index (Phi) is 4.45. The Bertz CT molecular complexity index is 795. The van der Waals surface area contributed by atoms with Gasteiger partial charge in [0.05, 0.1) is 25.7 Å². The zero-order valence-corrected chi connectivity index (χ0v) is 15.1. The highest BCUT2D eigenvalue weighted by Gasteiger charge is 2.27. The van der Waals surface area contributed by atoms with Gasteiger partial charge in [0, 0.05) is 35.2 Å². The van der Waals surface area contributed by atoms with E-state index in [9.17, 15) is 4.79 Å². The van der Waals surface area contributed by atoms with Crippen LogP contribution in [0.25, 0.3) is 0 Å². The van der Waals surface area contributed by atoms with Gasteiger partial charge in [-0.3, -0.25) is 4.79 Å². The number of hydrogen-bond donors (Lipinski definition) is 1. The van der Waals surface area contributed by atoms with Crippen molar-refractivity contribution in [3.63, 3.8) is 0 Å². The molecule has 0 saturated carbocycles. The molecule has 1 amide bonds. The molecule has 5 nitrogen and oxygen atoms in total. The topological polar surface area (TPSA) is 56.8 Å². The van der Waals surface area contributed by atoms with Crippen molar-refractivity contribution in [2.24, 2.45) is 0 Å². The molecule has 1 N–H and O–H groups in total. The highest BCUT2D eigenvalue weighted by atomic mass is 16.5. The number of hydrogen-bond acceptors (Lipinski definition) is 4. The number of fused-ring (bicyclic) bond motifs is 2. The SMILES string of the molecule is CC(C)Oc1ccc(NC(=O)Cc2c3c(cc4c2OCC4)OCC3)cc1.